The molecule has 1 aromatic carbocycles. The van der Waals surface area contributed by atoms with Gasteiger partial charge in [-0.25, -0.2) is 0 Å². The fraction of sp³-hybridized carbons (Fsp3) is 0.588. The van der Waals surface area contributed by atoms with Crippen molar-refractivity contribution >= 4 is 5.97 Å². The van der Waals surface area contributed by atoms with E-state index in [4.69, 9.17) is 5.11 Å². The number of rotatable bonds is 5. The van der Waals surface area contributed by atoms with Crippen molar-refractivity contribution in [1.82, 2.24) is 0 Å². The lowest BCUT2D eigenvalue weighted by atomic mass is 9.82. The van der Waals surface area contributed by atoms with E-state index in [-0.39, 0.29) is 12.8 Å². The van der Waals surface area contributed by atoms with Crippen LogP contribution in [0.2, 0.25) is 0 Å². The molecule has 3 heteroatoms. The second-order valence-electron chi connectivity index (χ2n) is 6.12. The van der Waals surface area contributed by atoms with Gasteiger partial charge in [-0.2, -0.15) is 0 Å². The van der Waals surface area contributed by atoms with Gasteiger partial charge in [0.05, 0.1) is 5.60 Å². The van der Waals surface area contributed by atoms with Crippen molar-refractivity contribution in [3.05, 3.63) is 35.4 Å². The third-order valence-corrected chi connectivity index (χ3v) is 4.43. The van der Waals surface area contributed by atoms with E-state index in [1.807, 2.05) is 12.1 Å². The molecule has 110 valence electrons. The molecule has 2 rings (SSSR count). The van der Waals surface area contributed by atoms with E-state index >= 15 is 0 Å². The van der Waals surface area contributed by atoms with Crippen LogP contribution in [0, 0.1) is 0 Å². The number of aliphatic hydroxyl groups is 1. The zero-order valence-electron chi connectivity index (χ0n) is 12.1. The zero-order chi connectivity index (χ0) is 14.6. The molecule has 0 spiro atoms. The van der Waals surface area contributed by atoms with Gasteiger partial charge in [0.2, 0.25) is 0 Å². The fourth-order valence-corrected chi connectivity index (χ4v) is 3.04. The molecule has 20 heavy (non-hydrogen) atoms. The summed E-state index contributed by atoms with van der Waals surface area (Å²) in [6.45, 7) is 1.69. The van der Waals surface area contributed by atoms with Crippen LogP contribution in [0.15, 0.2) is 24.3 Å². The Kier molecular flexibility index (Phi) is 4.81. The van der Waals surface area contributed by atoms with E-state index in [9.17, 15) is 9.90 Å². The zero-order valence-corrected chi connectivity index (χ0v) is 12.1. The lowest BCUT2D eigenvalue weighted by Gasteiger charge is -2.25. The molecule has 1 unspecified atom stereocenters. The average Bonchev–Trinajstić information content (AvgIpc) is 2.46. The van der Waals surface area contributed by atoms with Crippen molar-refractivity contribution < 1.29 is 15.0 Å². The van der Waals surface area contributed by atoms with E-state index in [1.165, 1.54) is 37.7 Å². The standard InChI is InChI=1S/C17H24O3/c1-17(20,12-11-16(18)19)15-9-7-14(8-10-15)13-5-3-2-4-6-13/h7-10,13,20H,2-6,11-12H2,1H3,(H,18,19). The summed E-state index contributed by atoms with van der Waals surface area (Å²) in [5.74, 6) is -0.217. The molecule has 1 saturated carbocycles. The van der Waals surface area contributed by atoms with Crippen LogP contribution in [0.3, 0.4) is 0 Å². The number of aliphatic carboxylic acids is 1. The van der Waals surface area contributed by atoms with Gasteiger partial charge in [-0.1, -0.05) is 43.5 Å². The van der Waals surface area contributed by atoms with Crippen molar-refractivity contribution in [3.8, 4) is 0 Å². The van der Waals surface area contributed by atoms with Crippen LogP contribution in [0.1, 0.15) is 68.9 Å². The number of hydrogen-bond acceptors (Lipinski definition) is 2. The highest BCUT2D eigenvalue weighted by atomic mass is 16.4. The third kappa shape index (κ3) is 3.83. The number of benzene rings is 1. The minimum atomic E-state index is -1.07. The minimum Gasteiger partial charge on any atom is -0.481 e. The van der Waals surface area contributed by atoms with Gasteiger partial charge < -0.3 is 10.2 Å². The summed E-state index contributed by atoms with van der Waals surface area (Å²) in [7, 11) is 0. The largest absolute Gasteiger partial charge is 0.481 e. The molecule has 0 saturated heterocycles. The quantitative estimate of drug-likeness (QED) is 0.859. The molecule has 3 nitrogen and oxygen atoms in total. The SMILES string of the molecule is CC(O)(CCC(=O)O)c1ccc(C2CCCCC2)cc1. The van der Waals surface area contributed by atoms with Crippen LogP contribution in [0.25, 0.3) is 0 Å². The lowest BCUT2D eigenvalue weighted by molar-refractivity contribution is -0.138. The van der Waals surface area contributed by atoms with E-state index in [0.717, 1.165) is 5.56 Å². The molecule has 2 N–H and O–H groups in total. The Hall–Kier alpha value is -1.35. The Morgan fingerprint density at radius 2 is 1.80 bits per heavy atom. The van der Waals surface area contributed by atoms with Crippen LogP contribution in [0.4, 0.5) is 0 Å². The van der Waals surface area contributed by atoms with Gasteiger partial charge in [0, 0.05) is 6.42 Å². The highest BCUT2D eigenvalue weighted by Crippen LogP contribution is 2.34. The van der Waals surface area contributed by atoms with Crippen molar-refractivity contribution in [2.45, 2.75) is 63.4 Å². The first-order valence-corrected chi connectivity index (χ1v) is 7.53. The van der Waals surface area contributed by atoms with Gasteiger partial charge in [0.25, 0.3) is 0 Å². The van der Waals surface area contributed by atoms with Gasteiger partial charge in [-0.3, -0.25) is 4.79 Å². The van der Waals surface area contributed by atoms with Crippen LogP contribution in [-0.2, 0) is 10.4 Å². The van der Waals surface area contributed by atoms with E-state index in [2.05, 4.69) is 12.1 Å². The fourth-order valence-electron chi connectivity index (χ4n) is 3.04. The van der Waals surface area contributed by atoms with E-state index in [1.54, 1.807) is 6.92 Å². The summed E-state index contributed by atoms with van der Waals surface area (Å²) in [5.41, 5.74) is 1.09. The number of carboxylic acid groups (broad SMARTS) is 1. The molecule has 0 aromatic heterocycles. The first kappa shape index (κ1) is 15.0. The molecule has 0 bridgehead atoms. The van der Waals surface area contributed by atoms with Crippen LogP contribution in [-0.4, -0.2) is 16.2 Å². The maximum Gasteiger partial charge on any atom is 0.303 e. The second-order valence-corrected chi connectivity index (χ2v) is 6.12. The highest BCUT2D eigenvalue weighted by molar-refractivity contribution is 5.66. The first-order valence-electron chi connectivity index (χ1n) is 7.53. The summed E-state index contributed by atoms with van der Waals surface area (Å²) in [4.78, 5) is 10.6. The highest BCUT2D eigenvalue weighted by Gasteiger charge is 2.24. The van der Waals surface area contributed by atoms with Crippen molar-refractivity contribution in [2.75, 3.05) is 0 Å². The Morgan fingerprint density at radius 1 is 1.20 bits per heavy atom. The molecule has 0 aliphatic heterocycles. The summed E-state index contributed by atoms with van der Waals surface area (Å²) in [6.07, 6.45) is 6.70. The van der Waals surface area contributed by atoms with Gasteiger partial charge in [-0.15, -0.1) is 0 Å². The number of hydrogen-bond donors (Lipinski definition) is 2. The predicted molar refractivity (Wildman–Crippen MR) is 78.7 cm³/mol. The average molecular weight is 276 g/mol. The second kappa shape index (κ2) is 6.40. The van der Waals surface area contributed by atoms with E-state index < -0.39 is 11.6 Å². The smallest absolute Gasteiger partial charge is 0.303 e. The van der Waals surface area contributed by atoms with E-state index in [0.29, 0.717) is 5.92 Å². The Morgan fingerprint density at radius 3 is 2.35 bits per heavy atom. The molecular weight excluding hydrogens is 252 g/mol. The normalized spacial score (nSPS) is 19.5. The van der Waals surface area contributed by atoms with Gasteiger partial charge in [0.1, 0.15) is 0 Å². The Labute approximate surface area is 120 Å². The predicted octanol–water partition coefficient (Wildman–Crippen LogP) is 3.81. The maximum atomic E-state index is 10.6. The molecule has 1 atom stereocenters. The van der Waals surface area contributed by atoms with Crippen molar-refractivity contribution in [2.24, 2.45) is 0 Å². The molecule has 0 heterocycles. The minimum absolute atomic E-state index is 0.0165. The molecule has 1 fully saturated rings. The van der Waals surface area contributed by atoms with Crippen LogP contribution >= 0.6 is 0 Å². The van der Waals surface area contributed by atoms with Crippen LogP contribution < -0.4 is 0 Å². The molecular formula is C17H24O3. The van der Waals surface area contributed by atoms with Gasteiger partial charge in [0.15, 0.2) is 0 Å². The molecule has 0 amide bonds. The molecule has 1 aliphatic rings. The summed E-state index contributed by atoms with van der Waals surface area (Å²) in [6, 6.07) is 8.10. The molecule has 0 radical (unpaired) electrons. The Bertz CT molecular complexity index is 442. The lowest BCUT2D eigenvalue weighted by Crippen LogP contribution is -2.22. The first-order chi connectivity index (χ1) is 9.49. The number of carboxylic acids is 1. The van der Waals surface area contributed by atoms with Gasteiger partial charge in [-0.05, 0) is 43.2 Å². The Balaban J connectivity index is 2.04. The maximum absolute atomic E-state index is 10.6. The number of carbonyl (C=O) groups is 1. The van der Waals surface area contributed by atoms with Crippen molar-refractivity contribution in [1.29, 1.82) is 0 Å². The monoisotopic (exact) mass is 276 g/mol. The van der Waals surface area contributed by atoms with Gasteiger partial charge >= 0.3 is 5.97 Å². The third-order valence-electron chi connectivity index (χ3n) is 4.43. The van der Waals surface area contributed by atoms with Crippen molar-refractivity contribution in [3.63, 3.8) is 0 Å². The topological polar surface area (TPSA) is 57.5 Å². The summed E-state index contributed by atoms with van der Waals surface area (Å²) >= 11 is 0. The van der Waals surface area contributed by atoms with Crippen LogP contribution in [0.5, 0.6) is 0 Å². The molecule has 1 aromatic rings. The summed E-state index contributed by atoms with van der Waals surface area (Å²) in [5, 5.41) is 19.1. The summed E-state index contributed by atoms with van der Waals surface area (Å²) < 4.78 is 0. The molecule has 1 aliphatic carbocycles.